The first-order valence-corrected chi connectivity index (χ1v) is 12.1. The highest BCUT2D eigenvalue weighted by atomic mass is 16.7. The lowest BCUT2D eigenvalue weighted by molar-refractivity contribution is 0.0555. The lowest BCUT2D eigenvalue weighted by atomic mass is 10.0. The van der Waals surface area contributed by atoms with Crippen molar-refractivity contribution in [3.63, 3.8) is 0 Å². The number of ether oxygens (including phenoxy) is 2. The van der Waals surface area contributed by atoms with Crippen LogP contribution in [0.15, 0.2) is 45.8 Å². The molecule has 0 saturated carbocycles. The zero-order chi connectivity index (χ0) is 25.7. The highest BCUT2D eigenvalue weighted by Crippen LogP contribution is 2.36. The molecule has 5 heterocycles. The molecule has 2 aliphatic heterocycles. The van der Waals surface area contributed by atoms with Gasteiger partial charge in [0, 0.05) is 43.2 Å². The topological polar surface area (TPSA) is 132 Å². The Morgan fingerprint density at radius 3 is 2.54 bits per heavy atom. The molecule has 12 heteroatoms. The minimum atomic E-state index is -0.534. The van der Waals surface area contributed by atoms with Crippen molar-refractivity contribution in [2.24, 2.45) is 0 Å². The monoisotopic (exact) mass is 505 g/mol. The zero-order valence-corrected chi connectivity index (χ0v) is 20.8. The number of pyridine rings is 1. The number of benzene rings is 1. The van der Waals surface area contributed by atoms with E-state index in [-0.39, 0.29) is 18.3 Å². The number of hydrogen-bond donors (Lipinski definition) is 1. The Morgan fingerprint density at radius 1 is 1.08 bits per heavy atom. The number of carbonyl (C=O) groups is 1. The van der Waals surface area contributed by atoms with E-state index in [2.05, 4.69) is 25.4 Å². The molecule has 0 spiro atoms. The van der Waals surface area contributed by atoms with E-state index in [1.807, 2.05) is 32.9 Å². The van der Waals surface area contributed by atoms with Gasteiger partial charge in [-0.25, -0.2) is 4.68 Å². The number of aromatic amines is 1. The normalized spacial score (nSPS) is 16.9. The molecule has 4 aromatic rings. The second-order valence-corrected chi connectivity index (χ2v) is 10.2. The summed E-state index contributed by atoms with van der Waals surface area (Å²) in [6, 6.07) is 8.33. The molecule has 1 N–H and O–H groups in total. The summed E-state index contributed by atoms with van der Waals surface area (Å²) in [5.41, 5.74) is 0.511. The van der Waals surface area contributed by atoms with Crippen LogP contribution in [0.1, 0.15) is 48.8 Å². The number of piperazine rings is 1. The SMILES string of the molecule is CC(C)(C)n1nnnc1[C@H](c1cc2cc3c(cc2[nH]c1=O)OCO3)N1CCN(C(=O)c2ccco2)CC1. The van der Waals surface area contributed by atoms with Crippen LogP contribution >= 0.6 is 0 Å². The largest absolute Gasteiger partial charge is 0.459 e. The van der Waals surface area contributed by atoms with Crippen molar-refractivity contribution in [2.45, 2.75) is 32.4 Å². The van der Waals surface area contributed by atoms with Crippen LogP contribution in [-0.2, 0) is 5.54 Å². The molecule has 3 aromatic heterocycles. The van der Waals surface area contributed by atoms with Crippen molar-refractivity contribution in [3.05, 3.63) is 64.1 Å². The highest BCUT2D eigenvalue weighted by Gasteiger charge is 2.36. The summed E-state index contributed by atoms with van der Waals surface area (Å²) in [6.45, 7) is 8.15. The molecule has 1 atom stereocenters. The van der Waals surface area contributed by atoms with Crippen LogP contribution in [0.5, 0.6) is 11.5 Å². The second-order valence-electron chi connectivity index (χ2n) is 10.2. The van der Waals surface area contributed by atoms with Crippen molar-refractivity contribution in [1.82, 2.24) is 35.0 Å². The number of H-pyrrole nitrogens is 1. The van der Waals surface area contributed by atoms with Crippen LogP contribution < -0.4 is 15.0 Å². The molecule has 6 rings (SSSR count). The Balaban J connectivity index is 1.40. The highest BCUT2D eigenvalue weighted by molar-refractivity contribution is 5.91. The zero-order valence-electron chi connectivity index (χ0n) is 20.8. The first-order chi connectivity index (χ1) is 17.8. The van der Waals surface area contributed by atoms with Gasteiger partial charge in [0.15, 0.2) is 23.1 Å². The summed E-state index contributed by atoms with van der Waals surface area (Å²) in [5, 5.41) is 13.4. The average Bonchev–Trinajstić information content (AvgIpc) is 3.65. The molecular weight excluding hydrogens is 478 g/mol. The molecule has 12 nitrogen and oxygen atoms in total. The maximum atomic E-state index is 13.5. The second kappa shape index (κ2) is 8.73. The predicted molar refractivity (Wildman–Crippen MR) is 132 cm³/mol. The van der Waals surface area contributed by atoms with E-state index in [0.717, 1.165) is 5.39 Å². The number of carbonyl (C=O) groups excluding carboxylic acids is 1. The van der Waals surface area contributed by atoms with Gasteiger partial charge < -0.3 is 23.8 Å². The van der Waals surface area contributed by atoms with Crippen LogP contribution in [-0.4, -0.2) is 73.9 Å². The molecule has 1 amide bonds. The Morgan fingerprint density at radius 2 is 1.84 bits per heavy atom. The quantitative estimate of drug-likeness (QED) is 0.443. The van der Waals surface area contributed by atoms with E-state index in [0.29, 0.717) is 60.3 Å². The van der Waals surface area contributed by atoms with Crippen LogP contribution in [0.25, 0.3) is 10.9 Å². The van der Waals surface area contributed by atoms with E-state index in [1.54, 1.807) is 27.8 Å². The molecule has 0 radical (unpaired) electrons. The summed E-state index contributed by atoms with van der Waals surface area (Å²) in [7, 11) is 0. The van der Waals surface area contributed by atoms with Gasteiger partial charge in [0.1, 0.15) is 6.04 Å². The third-order valence-electron chi connectivity index (χ3n) is 6.73. The van der Waals surface area contributed by atoms with Gasteiger partial charge in [-0.05, 0) is 55.5 Å². The molecule has 0 unspecified atom stereocenters. The maximum absolute atomic E-state index is 13.5. The minimum absolute atomic E-state index is 0.146. The lowest BCUT2D eigenvalue weighted by Gasteiger charge is -2.39. The van der Waals surface area contributed by atoms with Crippen molar-refractivity contribution in [1.29, 1.82) is 0 Å². The fraction of sp³-hybridized carbons (Fsp3) is 0.400. The van der Waals surface area contributed by atoms with Gasteiger partial charge in [-0.3, -0.25) is 14.5 Å². The number of aromatic nitrogens is 5. The molecule has 1 saturated heterocycles. The summed E-state index contributed by atoms with van der Waals surface area (Å²) < 4.78 is 18.1. The Kier molecular flexibility index (Phi) is 5.48. The minimum Gasteiger partial charge on any atom is -0.459 e. The predicted octanol–water partition coefficient (Wildman–Crippen LogP) is 2.14. The Labute approximate surface area is 211 Å². The van der Waals surface area contributed by atoms with Crippen LogP contribution in [0.3, 0.4) is 0 Å². The smallest absolute Gasteiger partial charge is 0.289 e. The van der Waals surface area contributed by atoms with Gasteiger partial charge in [0.2, 0.25) is 6.79 Å². The number of amides is 1. The van der Waals surface area contributed by atoms with E-state index in [1.165, 1.54) is 6.26 Å². The van der Waals surface area contributed by atoms with Crippen molar-refractivity contribution >= 4 is 16.8 Å². The first kappa shape index (κ1) is 23.2. The summed E-state index contributed by atoms with van der Waals surface area (Å²) in [6.07, 6.45) is 1.49. The third kappa shape index (κ3) is 4.12. The summed E-state index contributed by atoms with van der Waals surface area (Å²) in [5.74, 6) is 1.95. The summed E-state index contributed by atoms with van der Waals surface area (Å²) >= 11 is 0. The summed E-state index contributed by atoms with van der Waals surface area (Å²) in [4.78, 5) is 33.2. The fourth-order valence-electron chi connectivity index (χ4n) is 4.90. The molecule has 0 bridgehead atoms. The van der Waals surface area contributed by atoms with Gasteiger partial charge in [-0.15, -0.1) is 5.10 Å². The lowest BCUT2D eigenvalue weighted by Crippen LogP contribution is -2.51. The van der Waals surface area contributed by atoms with E-state index in [9.17, 15) is 9.59 Å². The van der Waals surface area contributed by atoms with Crippen LogP contribution in [0, 0.1) is 0 Å². The van der Waals surface area contributed by atoms with Gasteiger partial charge in [0.25, 0.3) is 11.5 Å². The van der Waals surface area contributed by atoms with Crippen LogP contribution in [0.4, 0.5) is 0 Å². The molecule has 1 fully saturated rings. The van der Waals surface area contributed by atoms with Crippen molar-refractivity contribution in [3.8, 4) is 11.5 Å². The van der Waals surface area contributed by atoms with Crippen LogP contribution in [0.2, 0.25) is 0 Å². The van der Waals surface area contributed by atoms with E-state index in [4.69, 9.17) is 13.9 Å². The van der Waals surface area contributed by atoms with Gasteiger partial charge in [0.05, 0.1) is 17.3 Å². The molecule has 1 aromatic carbocycles. The number of nitrogens with one attached hydrogen (secondary N) is 1. The standard InChI is InChI=1S/C25H27N7O5/c1-25(2,3)32-22(27-28-29-32)21(30-6-8-31(9-7-30)24(34)18-5-4-10-35-18)16-11-15-12-19-20(37-14-36-19)13-17(15)26-23(16)33/h4-5,10-13,21H,6-9,14H2,1-3H3,(H,26,33)/t21-/m0/s1. The molecule has 37 heavy (non-hydrogen) atoms. The van der Waals surface area contributed by atoms with Gasteiger partial charge in [-0.2, -0.15) is 0 Å². The fourth-order valence-corrected chi connectivity index (χ4v) is 4.90. The van der Waals surface area contributed by atoms with Gasteiger partial charge in [-0.1, -0.05) is 0 Å². The van der Waals surface area contributed by atoms with E-state index < -0.39 is 11.6 Å². The molecule has 0 aliphatic carbocycles. The molecular formula is C25H27N7O5. The van der Waals surface area contributed by atoms with Crippen molar-refractivity contribution in [2.75, 3.05) is 33.0 Å². The average molecular weight is 506 g/mol. The third-order valence-corrected chi connectivity index (χ3v) is 6.73. The Hall–Kier alpha value is -4.19. The van der Waals surface area contributed by atoms with Crippen molar-refractivity contribution < 1.29 is 18.7 Å². The Bertz CT molecular complexity index is 1510. The number of rotatable bonds is 4. The first-order valence-electron chi connectivity index (χ1n) is 12.1. The number of hydrogen-bond acceptors (Lipinski definition) is 9. The number of fused-ring (bicyclic) bond motifs is 2. The number of tetrazole rings is 1. The van der Waals surface area contributed by atoms with E-state index >= 15 is 0 Å². The molecule has 192 valence electrons. The molecule has 2 aliphatic rings. The number of furan rings is 1. The maximum Gasteiger partial charge on any atom is 0.289 e. The van der Waals surface area contributed by atoms with Gasteiger partial charge >= 0.3 is 0 Å². The number of nitrogens with zero attached hydrogens (tertiary/aromatic N) is 6.